The lowest BCUT2D eigenvalue weighted by molar-refractivity contribution is -0.133. The molecule has 148 valence electrons. The van der Waals surface area contributed by atoms with Gasteiger partial charge < -0.3 is 19.2 Å². The number of benzene rings is 1. The minimum absolute atomic E-state index is 0.0706. The van der Waals surface area contributed by atoms with Crippen molar-refractivity contribution in [1.29, 1.82) is 0 Å². The molecule has 4 amide bonds. The summed E-state index contributed by atoms with van der Waals surface area (Å²) in [5.74, 6) is -0.206. The molecule has 9 nitrogen and oxygen atoms in total. The van der Waals surface area contributed by atoms with Gasteiger partial charge >= 0.3 is 6.03 Å². The first-order valence-electron chi connectivity index (χ1n) is 8.62. The third-order valence-corrected chi connectivity index (χ3v) is 4.21. The smallest absolute Gasteiger partial charge is 0.344 e. The maximum Gasteiger partial charge on any atom is 0.344 e. The van der Waals surface area contributed by atoms with Crippen LogP contribution in [0.1, 0.15) is 36.9 Å². The highest BCUT2D eigenvalue weighted by Crippen LogP contribution is 2.30. The van der Waals surface area contributed by atoms with Crippen molar-refractivity contribution in [2.45, 2.75) is 32.4 Å². The van der Waals surface area contributed by atoms with Crippen molar-refractivity contribution >= 4 is 17.8 Å². The van der Waals surface area contributed by atoms with E-state index in [2.05, 4.69) is 10.7 Å². The Morgan fingerprint density at radius 3 is 2.61 bits per heavy atom. The molecule has 1 aromatic carbocycles. The molecule has 1 atom stereocenters. The lowest BCUT2D eigenvalue weighted by atomic mass is 10.00. The van der Waals surface area contributed by atoms with Gasteiger partial charge in [0.1, 0.15) is 5.76 Å². The zero-order chi connectivity index (χ0) is 20.5. The van der Waals surface area contributed by atoms with Gasteiger partial charge in [-0.2, -0.15) is 5.01 Å². The van der Waals surface area contributed by atoms with Gasteiger partial charge in [-0.25, -0.2) is 4.79 Å². The highest BCUT2D eigenvalue weighted by atomic mass is 16.5. The van der Waals surface area contributed by atoms with Crippen LogP contribution in [0.4, 0.5) is 4.79 Å². The van der Waals surface area contributed by atoms with Crippen LogP contribution in [0.2, 0.25) is 0 Å². The fourth-order valence-corrected chi connectivity index (χ4v) is 2.80. The van der Waals surface area contributed by atoms with E-state index < -0.39 is 23.4 Å². The molecule has 9 heteroatoms. The summed E-state index contributed by atoms with van der Waals surface area (Å²) >= 11 is 0. The number of nitrogens with zero attached hydrogens (tertiary/aromatic N) is 1. The number of hydrogen-bond acceptors (Lipinski definition) is 6. The Balaban J connectivity index is 1.79. The molecular formula is C19H21N3O6. The van der Waals surface area contributed by atoms with E-state index in [0.717, 1.165) is 0 Å². The van der Waals surface area contributed by atoms with Crippen LogP contribution in [-0.2, 0) is 10.3 Å². The van der Waals surface area contributed by atoms with Crippen molar-refractivity contribution in [2.24, 2.45) is 0 Å². The van der Waals surface area contributed by atoms with Gasteiger partial charge in [-0.15, -0.1) is 0 Å². The van der Waals surface area contributed by atoms with Crippen LogP contribution in [0.25, 0.3) is 0 Å². The summed E-state index contributed by atoms with van der Waals surface area (Å²) < 4.78 is 16.1. The van der Waals surface area contributed by atoms with Crippen LogP contribution in [0.3, 0.4) is 0 Å². The summed E-state index contributed by atoms with van der Waals surface area (Å²) in [5, 5.41) is 3.16. The Labute approximate surface area is 161 Å². The number of urea groups is 1. The number of carbonyl (C=O) groups is 3. The first-order chi connectivity index (χ1) is 13.3. The Morgan fingerprint density at radius 2 is 2.00 bits per heavy atom. The molecule has 1 aromatic heterocycles. The molecule has 3 rings (SSSR count). The quantitative estimate of drug-likeness (QED) is 0.735. The topological polar surface area (TPSA) is 110 Å². The van der Waals surface area contributed by atoms with E-state index in [9.17, 15) is 14.4 Å². The van der Waals surface area contributed by atoms with Crippen molar-refractivity contribution in [3.05, 3.63) is 47.9 Å². The summed E-state index contributed by atoms with van der Waals surface area (Å²) in [6, 6.07) is 6.99. The predicted molar refractivity (Wildman–Crippen MR) is 97.7 cm³/mol. The van der Waals surface area contributed by atoms with Crippen molar-refractivity contribution in [3.63, 3.8) is 0 Å². The molecule has 0 bridgehead atoms. The SMILES string of the molecule is COc1cc(C(=O)NN2C(=O)N[C@](C)(c3ccco3)C2=O)ccc1OC(C)C. The summed E-state index contributed by atoms with van der Waals surface area (Å²) in [4.78, 5) is 37.6. The van der Waals surface area contributed by atoms with Crippen LogP contribution >= 0.6 is 0 Å². The van der Waals surface area contributed by atoms with Gasteiger partial charge in [0.15, 0.2) is 17.0 Å². The standard InChI is InChI=1S/C19H21N3O6/c1-11(2)28-13-8-7-12(10-14(13)26-4)16(23)21-22-17(24)19(3,20-18(22)25)15-6-5-9-27-15/h5-11H,1-4H3,(H,20,25)(H,21,23)/t19-/m1/s1. The van der Waals surface area contributed by atoms with Gasteiger partial charge in [0, 0.05) is 5.56 Å². The minimum atomic E-state index is -1.40. The van der Waals surface area contributed by atoms with Crippen LogP contribution in [0.5, 0.6) is 11.5 Å². The van der Waals surface area contributed by atoms with Crippen LogP contribution in [0.15, 0.2) is 41.0 Å². The second-order valence-corrected chi connectivity index (χ2v) is 6.65. The number of furan rings is 1. The number of nitrogens with one attached hydrogen (secondary N) is 2. The van der Waals surface area contributed by atoms with E-state index in [1.54, 1.807) is 18.2 Å². The van der Waals surface area contributed by atoms with E-state index >= 15 is 0 Å². The minimum Gasteiger partial charge on any atom is -0.493 e. The lowest BCUT2D eigenvalue weighted by Crippen LogP contribution is -2.47. The van der Waals surface area contributed by atoms with E-state index in [-0.39, 0.29) is 17.4 Å². The Hall–Kier alpha value is -3.49. The Morgan fingerprint density at radius 1 is 1.25 bits per heavy atom. The highest BCUT2D eigenvalue weighted by molar-refractivity contribution is 6.09. The first kappa shape index (κ1) is 19.3. The molecule has 0 aliphatic carbocycles. The molecule has 0 unspecified atom stereocenters. The van der Waals surface area contributed by atoms with Gasteiger partial charge in [-0.1, -0.05) is 0 Å². The third-order valence-electron chi connectivity index (χ3n) is 4.21. The number of carbonyl (C=O) groups excluding carboxylic acids is 3. The van der Waals surface area contributed by atoms with Crippen LogP contribution in [-0.4, -0.2) is 36.1 Å². The fourth-order valence-electron chi connectivity index (χ4n) is 2.80. The second kappa shape index (κ2) is 7.26. The number of methoxy groups -OCH3 is 1. The molecule has 0 radical (unpaired) electrons. The van der Waals surface area contributed by atoms with Gasteiger partial charge in [0.2, 0.25) is 0 Å². The number of imide groups is 1. The average molecular weight is 387 g/mol. The summed E-state index contributed by atoms with van der Waals surface area (Å²) in [6.45, 7) is 5.24. The average Bonchev–Trinajstić information content (AvgIpc) is 3.26. The number of rotatable bonds is 6. The number of hydrogen-bond donors (Lipinski definition) is 2. The van der Waals surface area contributed by atoms with Crippen LogP contribution < -0.4 is 20.2 Å². The maximum atomic E-state index is 12.7. The molecule has 1 fully saturated rings. The molecular weight excluding hydrogens is 366 g/mol. The van der Waals surface area contributed by atoms with E-state index in [0.29, 0.717) is 16.5 Å². The van der Waals surface area contributed by atoms with Gasteiger partial charge in [0.25, 0.3) is 11.8 Å². The molecule has 0 saturated carbocycles. The van der Waals surface area contributed by atoms with Crippen molar-refractivity contribution < 1.29 is 28.3 Å². The number of amides is 4. The molecule has 1 aliphatic heterocycles. The molecule has 0 spiro atoms. The van der Waals surface area contributed by atoms with E-state index in [4.69, 9.17) is 13.9 Å². The van der Waals surface area contributed by atoms with Crippen molar-refractivity contribution in [3.8, 4) is 11.5 Å². The molecule has 2 aromatic rings. The fraction of sp³-hybridized carbons (Fsp3) is 0.316. The number of hydrazine groups is 1. The third kappa shape index (κ3) is 3.38. The summed E-state index contributed by atoms with van der Waals surface area (Å²) in [5.41, 5.74) is 1.11. The molecule has 2 N–H and O–H groups in total. The van der Waals surface area contributed by atoms with Gasteiger partial charge in [-0.05, 0) is 51.1 Å². The zero-order valence-electron chi connectivity index (χ0n) is 15.9. The van der Waals surface area contributed by atoms with E-state index in [1.165, 1.54) is 32.4 Å². The first-order valence-corrected chi connectivity index (χ1v) is 8.62. The van der Waals surface area contributed by atoms with Crippen molar-refractivity contribution in [1.82, 2.24) is 15.8 Å². The maximum absolute atomic E-state index is 12.7. The highest BCUT2D eigenvalue weighted by Gasteiger charge is 2.52. The largest absolute Gasteiger partial charge is 0.493 e. The zero-order valence-corrected chi connectivity index (χ0v) is 15.9. The number of ether oxygens (including phenoxy) is 2. The summed E-state index contributed by atoms with van der Waals surface area (Å²) in [7, 11) is 1.45. The second-order valence-electron chi connectivity index (χ2n) is 6.65. The predicted octanol–water partition coefficient (Wildman–Crippen LogP) is 2.19. The molecule has 1 saturated heterocycles. The Bertz CT molecular complexity index is 908. The van der Waals surface area contributed by atoms with Crippen molar-refractivity contribution in [2.75, 3.05) is 7.11 Å². The molecule has 1 aliphatic rings. The monoisotopic (exact) mass is 387 g/mol. The lowest BCUT2D eigenvalue weighted by Gasteiger charge is -2.19. The van der Waals surface area contributed by atoms with E-state index in [1.807, 2.05) is 13.8 Å². The Kier molecular flexibility index (Phi) is 5.00. The van der Waals surface area contributed by atoms with Crippen LogP contribution in [0, 0.1) is 0 Å². The summed E-state index contributed by atoms with van der Waals surface area (Å²) in [6.07, 6.45) is 1.33. The van der Waals surface area contributed by atoms with Gasteiger partial charge in [0.05, 0.1) is 19.5 Å². The molecule has 2 heterocycles. The van der Waals surface area contributed by atoms with Gasteiger partial charge in [-0.3, -0.25) is 15.0 Å². The molecule has 28 heavy (non-hydrogen) atoms. The normalized spacial score (nSPS) is 19.0.